The number of pyridine rings is 1. The number of thioether (sulfide) groups is 1. The second-order valence-corrected chi connectivity index (χ2v) is 16.2. The van der Waals surface area contributed by atoms with Gasteiger partial charge in [0.25, 0.3) is 12.3 Å². The Bertz CT molecular complexity index is 2290. The number of carbonyl (C=O) groups excluding carboxylic acids is 1. The molecule has 2 aliphatic carbocycles. The van der Waals surface area contributed by atoms with E-state index in [1.54, 1.807) is 30.0 Å². The highest BCUT2D eigenvalue weighted by atomic mass is 32.2. The van der Waals surface area contributed by atoms with Crippen molar-refractivity contribution >= 4 is 38.7 Å². The highest BCUT2D eigenvalue weighted by molar-refractivity contribution is 7.99. The van der Waals surface area contributed by atoms with Crippen LogP contribution in [0.2, 0.25) is 0 Å². The van der Waals surface area contributed by atoms with Crippen molar-refractivity contribution < 1.29 is 39.6 Å². The summed E-state index contributed by atoms with van der Waals surface area (Å²) < 4.78 is 116. The molecule has 0 bridgehead atoms. The van der Waals surface area contributed by atoms with Crippen molar-refractivity contribution in [2.45, 2.75) is 48.6 Å². The number of halogens is 6. The minimum absolute atomic E-state index is 0.0547. The van der Waals surface area contributed by atoms with E-state index >= 15 is 8.78 Å². The second-order valence-electron chi connectivity index (χ2n) is 13.0. The predicted molar refractivity (Wildman–Crippen MR) is 178 cm³/mol. The fourth-order valence-corrected chi connectivity index (χ4v) is 9.84. The van der Waals surface area contributed by atoms with Crippen molar-refractivity contribution in [2.75, 3.05) is 24.6 Å². The van der Waals surface area contributed by atoms with Crippen LogP contribution in [0.3, 0.4) is 0 Å². The van der Waals surface area contributed by atoms with Crippen LogP contribution in [0.25, 0.3) is 22.2 Å². The molecule has 5 aromatic rings. The summed E-state index contributed by atoms with van der Waals surface area (Å²) in [5.41, 5.74) is 0.302. The second kappa shape index (κ2) is 12.9. The van der Waals surface area contributed by atoms with Gasteiger partial charge in [-0.25, -0.2) is 31.0 Å². The molecule has 18 heteroatoms. The fourth-order valence-electron chi connectivity index (χ4n) is 7.27. The number of H-pyrrole nitrogens is 1. The zero-order chi connectivity index (χ0) is 36.5. The van der Waals surface area contributed by atoms with Gasteiger partial charge in [-0.3, -0.25) is 14.6 Å². The number of alkyl halides is 4. The van der Waals surface area contributed by atoms with Gasteiger partial charge in [0.2, 0.25) is 15.9 Å². The maximum absolute atomic E-state index is 15.2. The number of nitrogens with one attached hydrogen (secondary N) is 2. The molecule has 10 nitrogen and oxygen atoms in total. The fraction of sp³-hybridized carbons (Fsp3) is 0.353. The highest BCUT2D eigenvalue weighted by Gasteiger charge is 2.67. The zero-order valence-corrected chi connectivity index (χ0v) is 28.6. The molecule has 2 fully saturated rings. The van der Waals surface area contributed by atoms with Crippen LogP contribution in [0.4, 0.5) is 26.3 Å². The van der Waals surface area contributed by atoms with Crippen LogP contribution in [-0.4, -0.2) is 68.2 Å². The van der Waals surface area contributed by atoms with Gasteiger partial charge in [-0.15, -0.1) is 0 Å². The minimum atomic E-state index is -3.77. The Labute approximate surface area is 297 Å². The Morgan fingerprint density at radius 2 is 1.75 bits per heavy atom. The number of fused-ring (bicyclic) bond motifs is 4. The maximum Gasteiger partial charge on any atom is 0.293 e. The van der Waals surface area contributed by atoms with Crippen molar-refractivity contribution in [3.63, 3.8) is 0 Å². The van der Waals surface area contributed by atoms with Gasteiger partial charge in [0.15, 0.2) is 0 Å². The van der Waals surface area contributed by atoms with E-state index in [0.717, 1.165) is 12.1 Å². The Balaban J connectivity index is 1.17. The molecule has 3 aliphatic rings. The molecule has 4 heterocycles. The average molecular weight is 762 g/mol. The van der Waals surface area contributed by atoms with E-state index in [-0.39, 0.29) is 34.6 Å². The van der Waals surface area contributed by atoms with E-state index in [1.807, 2.05) is 0 Å². The number of benzene rings is 2. The van der Waals surface area contributed by atoms with E-state index in [2.05, 4.69) is 20.6 Å². The SMILES string of the molecule is O=C(Cn1nc(C(F)F)c2c1C(F)(F)[C@@H]1C[C@H]21)N[C@@H](Cc1cc(F)cc(F)c1)c1nc2cn[nH]c2cc1-c1ccc(S(=O)(=O)N2CCSCC2)cc1. The van der Waals surface area contributed by atoms with Gasteiger partial charge in [0, 0.05) is 47.7 Å². The van der Waals surface area contributed by atoms with Crippen LogP contribution in [0.15, 0.2) is 59.6 Å². The number of aromatic nitrogens is 5. The molecule has 3 atom stereocenters. The number of aromatic amines is 1. The molecular formula is C34H29F6N7O3S2. The van der Waals surface area contributed by atoms with Gasteiger partial charge in [-0.1, -0.05) is 12.1 Å². The number of hydrogen-bond donors (Lipinski definition) is 2. The third-order valence-corrected chi connectivity index (χ3v) is 12.6. The Morgan fingerprint density at radius 1 is 1.04 bits per heavy atom. The molecule has 2 N–H and O–H groups in total. The summed E-state index contributed by atoms with van der Waals surface area (Å²) in [5.74, 6) is -6.63. The van der Waals surface area contributed by atoms with E-state index in [1.165, 1.54) is 22.6 Å². The smallest absolute Gasteiger partial charge is 0.293 e. The summed E-state index contributed by atoms with van der Waals surface area (Å²) in [5, 5.41) is 13.3. The van der Waals surface area contributed by atoms with Crippen molar-refractivity contribution in [2.24, 2.45) is 5.92 Å². The molecule has 0 spiro atoms. The first kappa shape index (κ1) is 34.7. The third-order valence-electron chi connectivity index (χ3n) is 9.71. The summed E-state index contributed by atoms with van der Waals surface area (Å²) in [4.78, 5) is 18.5. The van der Waals surface area contributed by atoms with Gasteiger partial charge >= 0.3 is 0 Å². The van der Waals surface area contributed by atoms with Gasteiger partial charge in [-0.05, 0) is 60.2 Å². The summed E-state index contributed by atoms with van der Waals surface area (Å²) in [6.07, 6.45) is -1.89. The molecule has 52 heavy (non-hydrogen) atoms. The predicted octanol–water partition coefficient (Wildman–Crippen LogP) is 6.08. The van der Waals surface area contributed by atoms with Gasteiger partial charge in [-0.2, -0.15) is 35.0 Å². The largest absolute Gasteiger partial charge is 0.346 e. The Hall–Kier alpha value is -4.42. The third kappa shape index (κ3) is 6.13. The number of sulfonamides is 1. The highest BCUT2D eigenvalue weighted by Crippen LogP contribution is 2.68. The lowest BCUT2D eigenvalue weighted by molar-refractivity contribution is -0.123. The standard InChI is InChI=1S/C34H29F6N7O3S2/c35-19-9-17(10-20(36)12-19)11-26(42-28(48)16-47-32-29(31(45-47)33(37)38)23-13-24(23)34(32,39)40)30-22(14-25-27(43-30)15-41-44-25)18-1-3-21(4-2-18)52(49,50)46-5-7-51-8-6-46/h1-4,9-10,12,14-15,23-24,26,33H,5-8,11,13,16H2,(H,41,44)(H,42,48)/t23-,24+,26-/m0/s1. The van der Waals surface area contributed by atoms with Crippen LogP contribution in [0.5, 0.6) is 0 Å². The number of hydrogen-bond acceptors (Lipinski definition) is 7. The Morgan fingerprint density at radius 3 is 2.44 bits per heavy atom. The molecule has 272 valence electrons. The number of carbonyl (C=O) groups is 1. The molecule has 8 rings (SSSR count). The topological polar surface area (TPSA) is 126 Å². The first-order valence-electron chi connectivity index (χ1n) is 16.3. The van der Waals surface area contributed by atoms with E-state index < -0.39 is 75.7 Å². The minimum Gasteiger partial charge on any atom is -0.346 e. The average Bonchev–Trinajstić information content (AvgIpc) is 3.52. The van der Waals surface area contributed by atoms with E-state index in [0.29, 0.717) is 57.5 Å². The molecule has 1 aliphatic heterocycles. The quantitative estimate of drug-likeness (QED) is 0.165. The monoisotopic (exact) mass is 761 g/mol. The number of rotatable bonds is 10. The first-order valence-corrected chi connectivity index (χ1v) is 18.9. The van der Waals surface area contributed by atoms with Crippen LogP contribution < -0.4 is 5.32 Å². The van der Waals surface area contributed by atoms with E-state index in [9.17, 15) is 30.8 Å². The molecule has 1 amide bonds. The van der Waals surface area contributed by atoms with Gasteiger partial charge < -0.3 is 5.32 Å². The van der Waals surface area contributed by atoms with Crippen molar-refractivity contribution in [3.05, 3.63) is 94.6 Å². The van der Waals surface area contributed by atoms with Crippen molar-refractivity contribution in [3.8, 4) is 11.1 Å². The molecular weight excluding hydrogens is 733 g/mol. The van der Waals surface area contributed by atoms with Crippen molar-refractivity contribution in [1.82, 2.24) is 34.6 Å². The van der Waals surface area contributed by atoms with Gasteiger partial charge in [0.05, 0.1) is 28.3 Å². The molecule has 1 saturated carbocycles. The zero-order valence-electron chi connectivity index (χ0n) is 27.0. The van der Waals surface area contributed by atoms with Crippen LogP contribution in [0.1, 0.15) is 53.0 Å². The first-order chi connectivity index (χ1) is 24.8. The van der Waals surface area contributed by atoms with Crippen LogP contribution in [-0.2, 0) is 33.7 Å². The molecule has 0 radical (unpaired) electrons. The van der Waals surface area contributed by atoms with Crippen LogP contribution in [0, 0.1) is 17.6 Å². The molecule has 0 unspecified atom stereocenters. The summed E-state index contributed by atoms with van der Waals surface area (Å²) in [6, 6.07) is 9.37. The normalized spacial score (nSPS) is 20.2. The molecule has 2 aromatic carbocycles. The summed E-state index contributed by atoms with van der Waals surface area (Å²) >= 11 is 1.67. The lowest BCUT2D eigenvalue weighted by Gasteiger charge is -2.25. The lowest BCUT2D eigenvalue weighted by atomic mass is 9.95. The van der Waals surface area contributed by atoms with Crippen LogP contribution >= 0.6 is 11.8 Å². The molecule has 1 saturated heterocycles. The summed E-state index contributed by atoms with van der Waals surface area (Å²) in [7, 11) is -3.77. The number of nitrogens with zero attached hydrogens (tertiary/aromatic N) is 5. The van der Waals surface area contributed by atoms with E-state index in [4.69, 9.17) is 4.98 Å². The maximum atomic E-state index is 15.2. The lowest BCUT2D eigenvalue weighted by Crippen LogP contribution is -2.37. The Kier molecular flexibility index (Phi) is 8.60. The van der Waals surface area contributed by atoms with Crippen molar-refractivity contribution in [1.29, 1.82) is 0 Å². The van der Waals surface area contributed by atoms with Gasteiger partial charge in [0.1, 0.15) is 35.1 Å². The number of amides is 1. The molecule has 3 aromatic heterocycles. The summed E-state index contributed by atoms with van der Waals surface area (Å²) in [6.45, 7) is -0.0845.